The number of methoxy groups -OCH3 is 1. The van der Waals surface area contributed by atoms with Crippen LogP contribution >= 0.6 is 0 Å². The normalized spacial score (nSPS) is 11.8. The highest BCUT2D eigenvalue weighted by Gasteiger charge is 2.17. The number of benzene rings is 2. The maximum atomic E-state index is 13.0. The van der Waals surface area contributed by atoms with Gasteiger partial charge in [0.15, 0.2) is 10.6 Å². The van der Waals surface area contributed by atoms with Gasteiger partial charge in [-0.2, -0.15) is 0 Å². The van der Waals surface area contributed by atoms with Crippen molar-refractivity contribution < 1.29 is 18.5 Å². The lowest BCUT2D eigenvalue weighted by Crippen LogP contribution is -2.23. The van der Waals surface area contributed by atoms with Gasteiger partial charge >= 0.3 is 0 Å². The van der Waals surface area contributed by atoms with Crippen molar-refractivity contribution in [3.8, 4) is 5.75 Å². The van der Waals surface area contributed by atoms with Gasteiger partial charge in [-0.25, -0.2) is 4.39 Å². The Morgan fingerprint density at radius 3 is 2.62 bits per heavy atom. The van der Waals surface area contributed by atoms with Crippen LogP contribution in [0.3, 0.4) is 0 Å². The van der Waals surface area contributed by atoms with E-state index in [1.54, 1.807) is 31.4 Å². The zero-order chi connectivity index (χ0) is 15.2. The van der Waals surface area contributed by atoms with Crippen LogP contribution in [0.25, 0.3) is 0 Å². The van der Waals surface area contributed by atoms with E-state index < -0.39 is 22.9 Å². The molecular weight excluding hydrogens is 293 g/mol. The third-order valence-corrected chi connectivity index (χ3v) is 4.00. The molecule has 0 bridgehead atoms. The number of amides is 1. The lowest BCUT2D eigenvalue weighted by atomic mass is 10.3. The van der Waals surface area contributed by atoms with Gasteiger partial charge in [0.2, 0.25) is 0 Å². The van der Waals surface area contributed by atoms with Gasteiger partial charge in [-0.1, -0.05) is 6.07 Å². The van der Waals surface area contributed by atoms with Crippen molar-refractivity contribution in [1.29, 1.82) is 0 Å². The second kappa shape index (κ2) is 7.10. The average Bonchev–Trinajstić information content (AvgIpc) is 2.48. The summed E-state index contributed by atoms with van der Waals surface area (Å²) < 4.78 is 30.0. The molecule has 110 valence electrons. The smallest absolute Gasteiger partial charge is 0.274 e. The third kappa shape index (κ3) is 4.47. The molecule has 1 N–H and O–H groups in total. The van der Waals surface area contributed by atoms with Crippen LogP contribution in [0.4, 0.5) is 10.1 Å². The van der Waals surface area contributed by atoms with Crippen LogP contribution in [0, 0.1) is 5.82 Å². The monoisotopic (exact) mass is 307 g/mol. The van der Waals surface area contributed by atoms with Crippen molar-refractivity contribution in [2.75, 3.05) is 18.2 Å². The Hall–Kier alpha value is -2.05. The first kappa shape index (κ1) is 15.3. The molecule has 2 rings (SSSR count). The maximum absolute atomic E-state index is 13.0. The van der Waals surface area contributed by atoms with E-state index in [1.165, 1.54) is 18.2 Å². The van der Waals surface area contributed by atoms with E-state index in [0.717, 1.165) is 6.07 Å². The van der Waals surface area contributed by atoms with Crippen LogP contribution < -0.4 is 10.1 Å². The molecule has 0 aliphatic heterocycles. The molecule has 0 radical (unpaired) electrons. The standard InChI is InChI=1S/C15H14FNO3S/c1-20-13-7-5-12(6-8-13)17-15(18)10-21(19)14-4-2-3-11(16)9-14/h2-9H,10H2,1H3,(H,17,18). The van der Waals surface area contributed by atoms with E-state index in [2.05, 4.69) is 5.32 Å². The number of nitrogens with one attached hydrogen (secondary N) is 1. The lowest BCUT2D eigenvalue weighted by Gasteiger charge is -2.11. The molecule has 1 amide bonds. The second-order valence-corrected chi connectivity index (χ2v) is 5.68. The Labute approximate surface area is 125 Å². The van der Waals surface area contributed by atoms with Crippen LogP contribution in [-0.4, -0.2) is 23.3 Å². The van der Waals surface area contributed by atoms with Gasteiger partial charge in [0.25, 0.3) is 5.91 Å². The minimum atomic E-state index is -1.58. The van der Waals surface area contributed by atoms with Crippen molar-refractivity contribution in [3.05, 3.63) is 54.3 Å². The van der Waals surface area contributed by atoms with Crippen molar-refractivity contribution in [1.82, 2.24) is 0 Å². The number of anilines is 1. The first-order valence-electron chi connectivity index (χ1n) is 6.16. The molecule has 1 atom stereocenters. The highest BCUT2D eigenvalue weighted by atomic mass is 32.2. The van der Waals surface area contributed by atoms with E-state index in [1.807, 2.05) is 0 Å². The first-order valence-corrected chi connectivity index (χ1v) is 7.48. The van der Waals surface area contributed by atoms with Crippen LogP contribution in [-0.2, 0) is 16.0 Å². The highest BCUT2D eigenvalue weighted by Crippen LogP contribution is 2.16. The second-order valence-electron chi connectivity index (χ2n) is 4.22. The van der Waals surface area contributed by atoms with Gasteiger partial charge in [-0.3, -0.25) is 4.79 Å². The fraction of sp³-hybridized carbons (Fsp3) is 0.133. The Kier molecular flexibility index (Phi) is 5.19. The summed E-state index contributed by atoms with van der Waals surface area (Å²) in [5.41, 5.74) is 0.581. The molecule has 6 heteroatoms. The van der Waals surface area contributed by atoms with E-state index in [-0.39, 0.29) is 5.75 Å². The summed E-state index contributed by atoms with van der Waals surface area (Å²) >= 11 is -1.58. The fourth-order valence-electron chi connectivity index (χ4n) is 1.68. The van der Waals surface area contributed by atoms with Gasteiger partial charge in [0.05, 0.1) is 7.11 Å². The summed E-state index contributed by atoms with van der Waals surface area (Å²) in [5.74, 6) is -0.425. The number of carbonyl (C=O) groups is 1. The SMILES string of the molecule is COc1ccc(NC(=O)C[S+]([O-])c2cccc(F)c2)cc1. The van der Waals surface area contributed by atoms with Gasteiger partial charge in [-0.05, 0) is 47.6 Å². The summed E-state index contributed by atoms with van der Waals surface area (Å²) in [7, 11) is 1.55. The maximum Gasteiger partial charge on any atom is 0.274 e. The molecule has 0 fully saturated rings. The zero-order valence-corrected chi connectivity index (χ0v) is 12.2. The molecule has 0 aliphatic carbocycles. The topological polar surface area (TPSA) is 61.4 Å². The molecule has 0 aliphatic rings. The molecule has 0 spiro atoms. The Balaban J connectivity index is 1.94. The van der Waals surface area contributed by atoms with Gasteiger partial charge in [0.1, 0.15) is 11.6 Å². The quantitative estimate of drug-likeness (QED) is 0.864. The summed E-state index contributed by atoms with van der Waals surface area (Å²) in [4.78, 5) is 12.1. The summed E-state index contributed by atoms with van der Waals surface area (Å²) in [6, 6.07) is 12.2. The summed E-state index contributed by atoms with van der Waals surface area (Å²) in [5, 5.41) is 2.63. The molecule has 2 aromatic carbocycles. The number of carbonyl (C=O) groups excluding carboxylic acids is 1. The fourth-order valence-corrected chi connectivity index (χ4v) is 2.63. The largest absolute Gasteiger partial charge is 0.611 e. The predicted octanol–water partition coefficient (Wildman–Crippen LogP) is 2.58. The summed E-state index contributed by atoms with van der Waals surface area (Å²) in [6.45, 7) is 0. The minimum Gasteiger partial charge on any atom is -0.611 e. The molecule has 2 aromatic rings. The molecule has 0 saturated carbocycles. The van der Waals surface area contributed by atoms with Crippen molar-refractivity contribution >= 4 is 22.8 Å². The number of ether oxygens (including phenoxy) is 1. The van der Waals surface area contributed by atoms with Gasteiger partial charge in [-0.15, -0.1) is 0 Å². The Morgan fingerprint density at radius 2 is 2.00 bits per heavy atom. The Bertz CT molecular complexity index is 619. The van der Waals surface area contributed by atoms with Crippen molar-refractivity contribution in [2.45, 2.75) is 4.90 Å². The summed E-state index contributed by atoms with van der Waals surface area (Å²) in [6.07, 6.45) is 0. The zero-order valence-electron chi connectivity index (χ0n) is 11.3. The van der Waals surface area contributed by atoms with Crippen molar-refractivity contribution in [3.63, 3.8) is 0 Å². The van der Waals surface area contributed by atoms with Crippen molar-refractivity contribution in [2.24, 2.45) is 0 Å². The van der Waals surface area contributed by atoms with Crippen LogP contribution in [0.2, 0.25) is 0 Å². The average molecular weight is 307 g/mol. The van der Waals surface area contributed by atoms with Crippen LogP contribution in [0.5, 0.6) is 5.75 Å². The molecule has 1 unspecified atom stereocenters. The minimum absolute atomic E-state index is 0.227. The number of halogens is 1. The van der Waals surface area contributed by atoms with Gasteiger partial charge < -0.3 is 14.6 Å². The molecule has 0 heterocycles. The first-order chi connectivity index (χ1) is 10.1. The van der Waals surface area contributed by atoms with E-state index in [4.69, 9.17) is 4.74 Å². The molecular formula is C15H14FNO3S. The van der Waals surface area contributed by atoms with Crippen LogP contribution in [0.1, 0.15) is 0 Å². The molecule has 4 nitrogen and oxygen atoms in total. The highest BCUT2D eigenvalue weighted by molar-refractivity contribution is 7.92. The number of hydrogen-bond acceptors (Lipinski definition) is 3. The predicted molar refractivity (Wildman–Crippen MR) is 79.3 cm³/mol. The molecule has 0 saturated heterocycles. The third-order valence-electron chi connectivity index (χ3n) is 2.69. The molecule has 21 heavy (non-hydrogen) atoms. The van der Waals surface area contributed by atoms with E-state index in [9.17, 15) is 13.7 Å². The van der Waals surface area contributed by atoms with E-state index >= 15 is 0 Å². The Morgan fingerprint density at radius 1 is 1.29 bits per heavy atom. The van der Waals surface area contributed by atoms with Crippen LogP contribution in [0.15, 0.2) is 53.4 Å². The molecule has 0 aromatic heterocycles. The van der Waals surface area contributed by atoms with E-state index in [0.29, 0.717) is 16.3 Å². The lowest BCUT2D eigenvalue weighted by molar-refractivity contribution is -0.113. The number of hydrogen-bond donors (Lipinski definition) is 1. The van der Waals surface area contributed by atoms with Gasteiger partial charge in [0, 0.05) is 11.8 Å². The number of rotatable bonds is 5.